The molecule has 2 heterocycles. The van der Waals surface area contributed by atoms with E-state index in [4.69, 9.17) is 0 Å². The zero-order valence-corrected chi connectivity index (χ0v) is 10.3. The number of nitro groups is 1. The molecule has 3 aromatic rings. The number of benzene rings is 1. The summed E-state index contributed by atoms with van der Waals surface area (Å²) >= 11 is 1.33. The molecule has 0 radical (unpaired) electrons. The van der Waals surface area contributed by atoms with Crippen LogP contribution in [0.1, 0.15) is 0 Å². The van der Waals surface area contributed by atoms with E-state index in [1.54, 1.807) is 0 Å². The van der Waals surface area contributed by atoms with Crippen molar-refractivity contribution in [2.24, 2.45) is 0 Å². The second-order valence-electron chi connectivity index (χ2n) is 3.84. The molecule has 2 aromatic heterocycles. The van der Waals surface area contributed by atoms with Gasteiger partial charge in [-0.3, -0.25) is 10.1 Å². The van der Waals surface area contributed by atoms with Gasteiger partial charge in [-0.15, -0.1) is 11.3 Å². The van der Waals surface area contributed by atoms with Crippen molar-refractivity contribution in [3.05, 3.63) is 57.9 Å². The zero-order chi connectivity index (χ0) is 13.4. The highest BCUT2D eigenvalue weighted by atomic mass is 32.1. The van der Waals surface area contributed by atoms with E-state index >= 15 is 0 Å². The Bertz CT molecular complexity index is 752. The van der Waals surface area contributed by atoms with Crippen LogP contribution in [0.25, 0.3) is 20.9 Å². The predicted octanol–water partition coefficient (Wildman–Crippen LogP) is 2.50. The first-order chi connectivity index (χ1) is 9.15. The third-order valence-electron chi connectivity index (χ3n) is 2.63. The topological polar surface area (TPSA) is 83.0 Å². The molecule has 0 unspecified atom stereocenters. The van der Waals surface area contributed by atoms with Crippen LogP contribution in [0.15, 0.2) is 42.6 Å². The van der Waals surface area contributed by atoms with Gasteiger partial charge >= 0.3 is 0 Å². The van der Waals surface area contributed by atoms with Crippen LogP contribution in [-0.4, -0.2) is 9.91 Å². The van der Waals surface area contributed by atoms with E-state index in [1.807, 2.05) is 24.3 Å². The number of nitrogens with zero attached hydrogens (tertiary/aromatic N) is 3. The first-order valence-electron chi connectivity index (χ1n) is 5.39. The number of hydrogen-bond donors (Lipinski definition) is 0. The summed E-state index contributed by atoms with van der Waals surface area (Å²) in [5.41, 5.74) is 0.839. The minimum absolute atomic E-state index is 0.124. The Morgan fingerprint density at radius 3 is 2.79 bits per heavy atom. The van der Waals surface area contributed by atoms with Crippen molar-refractivity contribution in [2.45, 2.75) is 0 Å². The summed E-state index contributed by atoms with van der Waals surface area (Å²) in [6.07, 6.45) is 1.12. The van der Waals surface area contributed by atoms with Crippen molar-refractivity contribution in [2.75, 3.05) is 0 Å². The van der Waals surface area contributed by atoms with Gasteiger partial charge in [0.2, 0.25) is 0 Å². The molecule has 0 atom stereocenters. The fraction of sp³-hybridized carbons (Fsp3) is 0. The maximum Gasteiger partial charge on any atom is 0.282 e. The van der Waals surface area contributed by atoms with Gasteiger partial charge in [-0.1, -0.05) is 12.1 Å². The SMILES string of the molecule is O=[N+]([O-])c1cc[n+]([O-])c(-c2nc3ccccc3s2)c1. The molecule has 7 heteroatoms. The zero-order valence-electron chi connectivity index (χ0n) is 9.52. The van der Waals surface area contributed by atoms with Gasteiger partial charge in [0.15, 0.2) is 11.2 Å². The number of aromatic nitrogens is 2. The van der Waals surface area contributed by atoms with E-state index in [2.05, 4.69) is 4.98 Å². The first-order valence-corrected chi connectivity index (χ1v) is 6.20. The Hall–Kier alpha value is -2.54. The highest BCUT2D eigenvalue weighted by molar-refractivity contribution is 7.21. The van der Waals surface area contributed by atoms with Crippen LogP contribution in [0.2, 0.25) is 0 Å². The van der Waals surface area contributed by atoms with Gasteiger partial charge in [-0.05, 0) is 12.1 Å². The Labute approximate surface area is 111 Å². The minimum atomic E-state index is -0.531. The van der Waals surface area contributed by atoms with Crippen molar-refractivity contribution < 1.29 is 9.65 Å². The Morgan fingerprint density at radius 2 is 2.05 bits per heavy atom. The Balaban J connectivity index is 2.20. The lowest BCUT2D eigenvalue weighted by Gasteiger charge is -2.00. The third kappa shape index (κ3) is 2.00. The smallest absolute Gasteiger partial charge is 0.282 e. The first kappa shape index (κ1) is 11.5. The summed E-state index contributed by atoms with van der Waals surface area (Å²) in [7, 11) is 0. The van der Waals surface area contributed by atoms with Crippen LogP contribution < -0.4 is 4.73 Å². The molecule has 0 amide bonds. The largest absolute Gasteiger partial charge is 0.618 e. The number of rotatable bonds is 2. The van der Waals surface area contributed by atoms with Crippen LogP contribution >= 0.6 is 11.3 Å². The molecule has 6 nitrogen and oxygen atoms in total. The van der Waals surface area contributed by atoms with E-state index in [1.165, 1.54) is 23.5 Å². The number of hydrogen-bond acceptors (Lipinski definition) is 5. The maximum absolute atomic E-state index is 11.7. The normalized spacial score (nSPS) is 10.7. The second-order valence-corrected chi connectivity index (χ2v) is 4.87. The summed E-state index contributed by atoms with van der Waals surface area (Å²) < 4.78 is 1.52. The molecule has 0 spiro atoms. The maximum atomic E-state index is 11.7. The van der Waals surface area contributed by atoms with Crippen LogP contribution in [0, 0.1) is 15.3 Å². The second kappa shape index (κ2) is 4.29. The summed E-state index contributed by atoms with van der Waals surface area (Å²) in [6.45, 7) is 0. The molecule has 19 heavy (non-hydrogen) atoms. The summed E-state index contributed by atoms with van der Waals surface area (Å²) in [4.78, 5) is 14.5. The molecule has 1 aromatic carbocycles. The molecule has 0 saturated heterocycles. The molecular weight excluding hydrogens is 266 g/mol. The van der Waals surface area contributed by atoms with Gasteiger partial charge in [-0.25, -0.2) is 4.98 Å². The molecule has 0 aliphatic heterocycles. The van der Waals surface area contributed by atoms with Gasteiger partial charge in [0.25, 0.3) is 11.4 Å². The quantitative estimate of drug-likeness (QED) is 0.311. The minimum Gasteiger partial charge on any atom is -0.618 e. The molecule has 0 aliphatic carbocycles. The van der Waals surface area contributed by atoms with E-state index in [9.17, 15) is 15.3 Å². The van der Waals surface area contributed by atoms with Gasteiger partial charge < -0.3 is 5.21 Å². The molecule has 0 aliphatic rings. The highest BCUT2D eigenvalue weighted by Gasteiger charge is 2.19. The lowest BCUT2D eigenvalue weighted by atomic mass is 10.3. The number of thiazole rings is 1. The predicted molar refractivity (Wildman–Crippen MR) is 70.7 cm³/mol. The average Bonchev–Trinajstić information content (AvgIpc) is 2.82. The molecule has 0 bridgehead atoms. The van der Waals surface area contributed by atoms with Crippen LogP contribution in [-0.2, 0) is 0 Å². The van der Waals surface area contributed by atoms with E-state index in [0.29, 0.717) is 9.74 Å². The third-order valence-corrected chi connectivity index (χ3v) is 3.69. The van der Waals surface area contributed by atoms with E-state index < -0.39 is 4.92 Å². The average molecular weight is 273 g/mol. The lowest BCUT2D eigenvalue weighted by molar-refractivity contribution is -0.594. The number of pyridine rings is 1. The molecule has 0 saturated carbocycles. The fourth-order valence-electron chi connectivity index (χ4n) is 1.73. The summed E-state index contributed by atoms with van der Waals surface area (Å²) in [6, 6.07) is 9.87. The number of para-hydroxylation sites is 1. The fourth-order valence-corrected chi connectivity index (χ4v) is 2.70. The van der Waals surface area contributed by atoms with Crippen molar-refractivity contribution >= 4 is 27.2 Å². The van der Waals surface area contributed by atoms with E-state index in [-0.39, 0.29) is 11.4 Å². The standard InChI is InChI=1S/C12H7N3O3S/c16-14-6-5-8(15(17)18)7-10(14)12-13-9-3-1-2-4-11(9)19-12/h1-7H. The molecule has 0 N–H and O–H groups in total. The van der Waals surface area contributed by atoms with Crippen molar-refractivity contribution in [3.8, 4) is 10.7 Å². The van der Waals surface area contributed by atoms with Gasteiger partial charge in [-0.2, -0.15) is 4.73 Å². The monoisotopic (exact) mass is 273 g/mol. The Kier molecular flexibility index (Phi) is 2.60. The van der Waals surface area contributed by atoms with Crippen LogP contribution in [0.5, 0.6) is 0 Å². The summed E-state index contributed by atoms with van der Waals surface area (Å²) in [5, 5.41) is 22.9. The molecule has 3 rings (SSSR count). The van der Waals surface area contributed by atoms with Gasteiger partial charge in [0, 0.05) is 0 Å². The van der Waals surface area contributed by atoms with E-state index in [0.717, 1.165) is 16.4 Å². The molecular formula is C12H7N3O3S. The molecule has 0 fully saturated rings. The van der Waals surface area contributed by atoms with Gasteiger partial charge in [0.05, 0.1) is 27.3 Å². The molecule has 94 valence electrons. The van der Waals surface area contributed by atoms with Crippen molar-refractivity contribution in [1.82, 2.24) is 4.98 Å². The number of fused-ring (bicyclic) bond motifs is 1. The van der Waals surface area contributed by atoms with Gasteiger partial charge in [0.1, 0.15) is 0 Å². The van der Waals surface area contributed by atoms with Crippen LogP contribution in [0.4, 0.5) is 5.69 Å². The van der Waals surface area contributed by atoms with Crippen LogP contribution in [0.3, 0.4) is 0 Å². The lowest BCUT2D eigenvalue weighted by Crippen LogP contribution is -2.28. The van der Waals surface area contributed by atoms with Crippen molar-refractivity contribution in [1.29, 1.82) is 0 Å². The van der Waals surface area contributed by atoms with Crippen molar-refractivity contribution in [3.63, 3.8) is 0 Å². The Morgan fingerprint density at radius 1 is 1.26 bits per heavy atom. The highest BCUT2D eigenvalue weighted by Crippen LogP contribution is 2.29. The summed E-state index contributed by atoms with van der Waals surface area (Å²) in [5.74, 6) is 0.